The summed E-state index contributed by atoms with van der Waals surface area (Å²) in [6.07, 6.45) is 6.38. The van der Waals surface area contributed by atoms with Gasteiger partial charge in [-0.05, 0) is 19.8 Å². The number of hydrogen-bond donors (Lipinski definition) is 1. The van der Waals surface area contributed by atoms with Crippen molar-refractivity contribution >= 4 is 12.0 Å². The largest absolute Gasteiger partial charge is 0.390 e. The topological polar surface area (TPSA) is 68.2 Å². The Hall–Kier alpha value is -1.26. The van der Waals surface area contributed by atoms with E-state index in [-0.39, 0.29) is 6.01 Å². The fraction of sp³-hybridized carbons (Fsp3) is 0.800. The third kappa shape index (κ3) is 2.22. The van der Waals surface area contributed by atoms with Gasteiger partial charge in [0.2, 0.25) is 0 Å². The van der Waals surface area contributed by atoms with Gasteiger partial charge in [0.25, 0.3) is 0 Å². The van der Waals surface area contributed by atoms with Crippen molar-refractivity contribution in [2.45, 2.75) is 45.1 Å². The minimum absolute atomic E-state index is 0.152. The van der Waals surface area contributed by atoms with Gasteiger partial charge in [0.1, 0.15) is 0 Å². The van der Waals surface area contributed by atoms with Crippen molar-refractivity contribution < 1.29 is 4.42 Å². The quantitative estimate of drug-likeness (QED) is 0.824. The van der Waals surface area contributed by atoms with Crippen molar-refractivity contribution in [3.05, 3.63) is 0 Å². The summed E-state index contributed by atoms with van der Waals surface area (Å²) in [6.45, 7) is 3.00. The molecule has 1 aliphatic carbocycles. The first-order chi connectivity index (χ1) is 7.31. The summed E-state index contributed by atoms with van der Waals surface area (Å²) in [5.41, 5.74) is 5.43. The fourth-order valence-electron chi connectivity index (χ4n) is 2.28. The predicted molar refractivity (Wildman–Crippen MR) is 58.6 cm³/mol. The van der Waals surface area contributed by atoms with Crippen LogP contribution in [0.15, 0.2) is 4.42 Å². The van der Waals surface area contributed by atoms with Gasteiger partial charge >= 0.3 is 12.0 Å². The molecule has 0 spiro atoms. The van der Waals surface area contributed by atoms with Crippen LogP contribution >= 0.6 is 0 Å². The molecule has 15 heavy (non-hydrogen) atoms. The van der Waals surface area contributed by atoms with E-state index < -0.39 is 0 Å². The van der Waals surface area contributed by atoms with Gasteiger partial charge in [-0.1, -0.05) is 29.5 Å². The minimum atomic E-state index is 0.152. The van der Waals surface area contributed by atoms with Gasteiger partial charge in [0, 0.05) is 12.6 Å². The van der Waals surface area contributed by atoms with E-state index in [0.29, 0.717) is 12.1 Å². The van der Waals surface area contributed by atoms with Crippen molar-refractivity contribution in [3.8, 4) is 0 Å². The molecule has 0 aromatic carbocycles. The van der Waals surface area contributed by atoms with E-state index in [1.807, 2.05) is 0 Å². The molecule has 1 fully saturated rings. The molecule has 0 saturated heterocycles. The maximum absolute atomic E-state index is 5.43. The molecule has 1 aromatic rings. The SMILES string of the molecule is CCN(c1nnc(N)o1)C1CCCCC1. The van der Waals surface area contributed by atoms with Crippen LogP contribution in [0.3, 0.4) is 0 Å². The molecule has 0 aliphatic heterocycles. The molecular formula is C10H18N4O. The third-order valence-corrected chi connectivity index (χ3v) is 3.03. The number of rotatable bonds is 3. The standard InChI is InChI=1S/C10H18N4O/c1-2-14(8-6-4-3-5-7-8)10-13-12-9(11)15-10/h8H,2-7H2,1H3,(H2,11,12). The Labute approximate surface area is 89.6 Å². The maximum Gasteiger partial charge on any atom is 0.319 e. The van der Waals surface area contributed by atoms with Crippen LogP contribution in [0, 0.1) is 0 Å². The molecule has 5 heteroatoms. The highest BCUT2D eigenvalue weighted by atomic mass is 16.4. The average Bonchev–Trinajstić information content (AvgIpc) is 2.68. The van der Waals surface area contributed by atoms with Gasteiger partial charge in [0.15, 0.2) is 0 Å². The van der Waals surface area contributed by atoms with Crippen LogP contribution in [0.4, 0.5) is 12.0 Å². The molecular weight excluding hydrogens is 192 g/mol. The average molecular weight is 210 g/mol. The van der Waals surface area contributed by atoms with E-state index in [4.69, 9.17) is 10.2 Å². The number of nitrogens with zero attached hydrogens (tertiary/aromatic N) is 3. The number of nitrogen functional groups attached to an aromatic ring is 1. The fourth-order valence-corrected chi connectivity index (χ4v) is 2.28. The second-order valence-electron chi connectivity index (χ2n) is 4.00. The molecule has 5 nitrogen and oxygen atoms in total. The zero-order valence-electron chi connectivity index (χ0n) is 9.15. The normalized spacial score (nSPS) is 17.9. The molecule has 1 aromatic heterocycles. The van der Waals surface area contributed by atoms with Crippen LogP contribution < -0.4 is 10.6 Å². The minimum Gasteiger partial charge on any atom is -0.390 e. The maximum atomic E-state index is 5.43. The van der Waals surface area contributed by atoms with Crippen molar-refractivity contribution in [1.82, 2.24) is 10.2 Å². The molecule has 2 N–H and O–H groups in total. The summed E-state index contributed by atoms with van der Waals surface area (Å²) in [5, 5.41) is 7.65. The lowest BCUT2D eigenvalue weighted by Gasteiger charge is -2.31. The highest BCUT2D eigenvalue weighted by Crippen LogP contribution is 2.26. The van der Waals surface area contributed by atoms with Crippen LogP contribution in [0.1, 0.15) is 39.0 Å². The van der Waals surface area contributed by atoms with Crippen molar-refractivity contribution in [3.63, 3.8) is 0 Å². The van der Waals surface area contributed by atoms with Crippen molar-refractivity contribution in [2.75, 3.05) is 17.2 Å². The Morgan fingerprint density at radius 2 is 2.07 bits per heavy atom. The number of anilines is 2. The molecule has 0 unspecified atom stereocenters. The molecule has 84 valence electrons. The Bertz CT molecular complexity index is 306. The van der Waals surface area contributed by atoms with Crippen LogP contribution in [-0.4, -0.2) is 22.8 Å². The third-order valence-electron chi connectivity index (χ3n) is 3.03. The summed E-state index contributed by atoms with van der Waals surface area (Å²) < 4.78 is 5.27. The Morgan fingerprint density at radius 3 is 2.60 bits per heavy atom. The number of hydrogen-bond acceptors (Lipinski definition) is 5. The molecule has 0 amide bonds. The summed E-state index contributed by atoms with van der Waals surface area (Å²) in [4.78, 5) is 2.17. The highest BCUT2D eigenvalue weighted by Gasteiger charge is 2.23. The first kappa shape index (κ1) is 10.3. The molecule has 0 radical (unpaired) electrons. The van der Waals surface area contributed by atoms with Crippen molar-refractivity contribution in [1.29, 1.82) is 0 Å². The smallest absolute Gasteiger partial charge is 0.319 e. The lowest BCUT2D eigenvalue weighted by molar-refractivity contribution is 0.396. The van der Waals surface area contributed by atoms with Crippen LogP contribution in [0.5, 0.6) is 0 Å². The van der Waals surface area contributed by atoms with Crippen LogP contribution in [-0.2, 0) is 0 Å². The van der Waals surface area contributed by atoms with E-state index in [2.05, 4.69) is 22.0 Å². The van der Waals surface area contributed by atoms with E-state index in [1.54, 1.807) is 0 Å². The number of aromatic nitrogens is 2. The summed E-state index contributed by atoms with van der Waals surface area (Å²) >= 11 is 0. The van der Waals surface area contributed by atoms with E-state index in [0.717, 1.165) is 6.54 Å². The summed E-state index contributed by atoms with van der Waals surface area (Å²) in [5.74, 6) is 0. The second-order valence-corrected chi connectivity index (χ2v) is 4.00. The molecule has 0 atom stereocenters. The van der Waals surface area contributed by atoms with Gasteiger partial charge < -0.3 is 15.1 Å². The van der Waals surface area contributed by atoms with Gasteiger partial charge in [-0.25, -0.2) is 0 Å². The summed E-state index contributed by atoms with van der Waals surface area (Å²) in [7, 11) is 0. The lowest BCUT2D eigenvalue weighted by atomic mass is 9.94. The van der Waals surface area contributed by atoms with E-state index in [1.165, 1.54) is 32.1 Å². The molecule has 0 bridgehead atoms. The van der Waals surface area contributed by atoms with Gasteiger partial charge in [-0.2, -0.15) is 0 Å². The molecule has 1 heterocycles. The monoisotopic (exact) mass is 210 g/mol. The second kappa shape index (κ2) is 4.51. The van der Waals surface area contributed by atoms with Crippen LogP contribution in [0.25, 0.3) is 0 Å². The zero-order chi connectivity index (χ0) is 10.7. The zero-order valence-corrected chi connectivity index (χ0v) is 9.15. The lowest BCUT2D eigenvalue weighted by Crippen LogP contribution is -2.36. The Balaban J connectivity index is 2.08. The van der Waals surface area contributed by atoms with E-state index in [9.17, 15) is 0 Å². The Kier molecular flexibility index (Phi) is 3.08. The number of nitrogens with two attached hydrogens (primary N) is 1. The van der Waals surface area contributed by atoms with E-state index >= 15 is 0 Å². The molecule has 1 aliphatic rings. The van der Waals surface area contributed by atoms with Gasteiger partial charge in [0.05, 0.1) is 0 Å². The predicted octanol–water partition coefficient (Wildman–Crippen LogP) is 1.81. The Morgan fingerprint density at radius 1 is 1.33 bits per heavy atom. The van der Waals surface area contributed by atoms with Gasteiger partial charge in [-0.15, -0.1) is 0 Å². The molecule has 2 rings (SSSR count). The molecule has 1 saturated carbocycles. The first-order valence-electron chi connectivity index (χ1n) is 5.67. The van der Waals surface area contributed by atoms with Crippen LogP contribution in [0.2, 0.25) is 0 Å². The summed E-state index contributed by atoms with van der Waals surface area (Å²) in [6, 6.07) is 1.27. The van der Waals surface area contributed by atoms with Gasteiger partial charge in [-0.3, -0.25) is 0 Å². The highest BCUT2D eigenvalue weighted by molar-refractivity contribution is 5.29. The first-order valence-corrected chi connectivity index (χ1v) is 5.67. The van der Waals surface area contributed by atoms with Crippen molar-refractivity contribution in [2.24, 2.45) is 0 Å².